The second-order valence-corrected chi connectivity index (χ2v) is 13.6. The number of methoxy groups -OCH3 is 1. The first-order valence-corrected chi connectivity index (χ1v) is 14.6. The third kappa shape index (κ3) is 5.85. The van der Waals surface area contributed by atoms with Gasteiger partial charge in [-0.15, -0.1) is 0 Å². The van der Waals surface area contributed by atoms with E-state index in [9.17, 15) is 14.0 Å². The summed E-state index contributed by atoms with van der Waals surface area (Å²) in [7, 11) is 3.25. The van der Waals surface area contributed by atoms with Gasteiger partial charge in [0.05, 0.1) is 29.1 Å². The Morgan fingerprint density at radius 2 is 1.83 bits per heavy atom. The molecule has 12 heteroatoms. The van der Waals surface area contributed by atoms with Crippen LogP contribution in [0.1, 0.15) is 51.9 Å². The van der Waals surface area contributed by atoms with Gasteiger partial charge in [0, 0.05) is 44.0 Å². The molecule has 0 unspecified atom stereocenters. The molecule has 42 heavy (non-hydrogen) atoms. The minimum Gasteiger partial charge on any atom is -0.473 e. The Hall–Kier alpha value is -3.93. The first-order chi connectivity index (χ1) is 19.6. The summed E-state index contributed by atoms with van der Waals surface area (Å²) in [6.45, 7) is 13.6. The summed E-state index contributed by atoms with van der Waals surface area (Å²) in [6.07, 6.45) is 1.37. The highest BCUT2D eigenvalue weighted by Crippen LogP contribution is 2.40. The van der Waals surface area contributed by atoms with E-state index in [-0.39, 0.29) is 23.1 Å². The standard InChI is InChI=1S/C30H37FN6O4S/c1-29(2,3)22-16-36(11-12-37(22)28(39)41-30(4,5)6)21-10-9-19(24-25(21)42-27(33-24)40-8)26(38)32-18-13-17-15-35(7)34-23(17)20(31)14-18/h9-10,13-15,22H,11-12,16H2,1-8H3,(H,32,38)/t22-/m1/s1. The van der Waals surface area contributed by atoms with Crippen LogP contribution in [0.25, 0.3) is 21.1 Å². The average Bonchev–Trinajstić information content (AvgIpc) is 3.49. The van der Waals surface area contributed by atoms with Gasteiger partial charge < -0.3 is 24.6 Å². The van der Waals surface area contributed by atoms with Crippen LogP contribution < -0.4 is 15.0 Å². The fourth-order valence-electron chi connectivity index (χ4n) is 5.26. The molecular weight excluding hydrogens is 559 g/mol. The van der Waals surface area contributed by atoms with Gasteiger partial charge in [0.15, 0.2) is 5.82 Å². The Kier molecular flexibility index (Phi) is 7.55. The fraction of sp³-hybridized carbons (Fsp3) is 0.467. The molecule has 5 rings (SSSR count). The number of aromatic nitrogens is 3. The molecule has 10 nitrogen and oxygen atoms in total. The number of amides is 2. The summed E-state index contributed by atoms with van der Waals surface area (Å²) in [5.41, 5.74) is 1.51. The molecule has 2 aromatic heterocycles. The Morgan fingerprint density at radius 3 is 2.50 bits per heavy atom. The highest BCUT2D eigenvalue weighted by atomic mass is 32.1. The monoisotopic (exact) mass is 596 g/mol. The van der Waals surface area contributed by atoms with Crippen LogP contribution in [0.15, 0.2) is 30.5 Å². The van der Waals surface area contributed by atoms with Crippen molar-refractivity contribution in [3.63, 3.8) is 0 Å². The molecule has 1 fully saturated rings. The van der Waals surface area contributed by atoms with E-state index in [1.165, 1.54) is 29.2 Å². The molecule has 4 aromatic rings. The summed E-state index contributed by atoms with van der Waals surface area (Å²) >= 11 is 1.35. The molecule has 224 valence electrons. The number of thiazole rings is 1. The van der Waals surface area contributed by atoms with Crippen molar-refractivity contribution in [3.05, 3.63) is 41.8 Å². The molecule has 3 heterocycles. The molecule has 1 atom stereocenters. The Morgan fingerprint density at radius 1 is 1.10 bits per heavy atom. The van der Waals surface area contributed by atoms with Crippen molar-refractivity contribution in [2.45, 2.75) is 53.2 Å². The largest absolute Gasteiger partial charge is 0.473 e. The van der Waals surface area contributed by atoms with Crippen LogP contribution >= 0.6 is 11.3 Å². The third-order valence-electron chi connectivity index (χ3n) is 7.21. The number of hydrogen-bond donors (Lipinski definition) is 1. The second kappa shape index (κ2) is 10.7. The van der Waals surface area contributed by atoms with Crippen LogP contribution in [0.4, 0.5) is 20.6 Å². The maximum Gasteiger partial charge on any atom is 0.410 e. The number of rotatable bonds is 4. The first-order valence-electron chi connectivity index (χ1n) is 13.8. The molecular formula is C30H37FN6O4S. The smallest absolute Gasteiger partial charge is 0.410 e. The maximum absolute atomic E-state index is 14.7. The van der Waals surface area contributed by atoms with Gasteiger partial charge in [0.2, 0.25) is 0 Å². The number of ether oxygens (including phenoxy) is 2. The molecule has 1 N–H and O–H groups in total. The first kappa shape index (κ1) is 29.6. The maximum atomic E-state index is 14.7. The van der Waals surface area contributed by atoms with E-state index in [1.807, 2.05) is 31.7 Å². The van der Waals surface area contributed by atoms with E-state index in [2.05, 4.69) is 41.1 Å². The number of fused-ring (bicyclic) bond motifs is 2. The zero-order valence-electron chi connectivity index (χ0n) is 25.2. The summed E-state index contributed by atoms with van der Waals surface area (Å²) in [5, 5.41) is 7.95. The fourth-order valence-corrected chi connectivity index (χ4v) is 6.21. The predicted octanol–water partition coefficient (Wildman–Crippen LogP) is 6.05. The number of halogens is 1. The lowest BCUT2D eigenvalue weighted by Crippen LogP contribution is -2.60. The van der Waals surface area contributed by atoms with Crippen LogP contribution in [-0.2, 0) is 11.8 Å². The van der Waals surface area contributed by atoms with Gasteiger partial charge in [-0.1, -0.05) is 32.1 Å². The van der Waals surface area contributed by atoms with Crippen LogP contribution in [0.2, 0.25) is 0 Å². The highest BCUT2D eigenvalue weighted by molar-refractivity contribution is 7.21. The van der Waals surface area contributed by atoms with Crippen LogP contribution in [0.3, 0.4) is 0 Å². The van der Waals surface area contributed by atoms with Crippen molar-refractivity contribution in [3.8, 4) is 5.19 Å². The number of aryl methyl sites for hydroxylation is 1. The van der Waals surface area contributed by atoms with Gasteiger partial charge in [0.25, 0.3) is 11.1 Å². The summed E-state index contributed by atoms with van der Waals surface area (Å²) in [5.74, 6) is -0.928. The van der Waals surface area contributed by atoms with Gasteiger partial charge in [-0.2, -0.15) is 5.10 Å². The average molecular weight is 597 g/mol. The highest BCUT2D eigenvalue weighted by Gasteiger charge is 2.40. The van der Waals surface area contributed by atoms with Crippen molar-refractivity contribution in [1.29, 1.82) is 0 Å². The number of nitrogens with zero attached hydrogens (tertiary/aromatic N) is 5. The van der Waals surface area contributed by atoms with Crippen LogP contribution in [-0.4, -0.2) is 70.1 Å². The SMILES string of the molecule is COc1nc2c(C(=O)Nc3cc(F)c4nn(C)cc4c3)ccc(N3CCN(C(=O)OC(C)(C)C)[C@@H](C(C)(C)C)C3)c2s1. The zero-order chi connectivity index (χ0) is 30.6. The molecule has 1 saturated heterocycles. The van der Waals surface area contributed by atoms with Crippen molar-refractivity contribution >= 4 is 55.8 Å². The van der Waals surface area contributed by atoms with Crippen molar-refractivity contribution in [2.24, 2.45) is 12.5 Å². The number of hydrogen-bond acceptors (Lipinski definition) is 8. The summed E-state index contributed by atoms with van der Waals surface area (Å²) in [4.78, 5) is 35.3. The van der Waals surface area contributed by atoms with E-state index in [0.29, 0.717) is 47.0 Å². The molecule has 0 saturated carbocycles. The van der Waals surface area contributed by atoms with Gasteiger partial charge >= 0.3 is 6.09 Å². The third-order valence-corrected chi connectivity index (χ3v) is 8.24. The molecule has 2 amide bonds. The quantitative estimate of drug-likeness (QED) is 0.306. The van der Waals surface area contributed by atoms with Gasteiger partial charge in [-0.05, 0) is 50.5 Å². The number of carbonyl (C=O) groups is 2. The van der Waals surface area contributed by atoms with Crippen LogP contribution in [0, 0.1) is 11.2 Å². The van der Waals surface area contributed by atoms with E-state index < -0.39 is 17.3 Å². The zero-order valence-corrected chi connectivity index (χ0v) is 26.1. The number of piperazine rings is 1. The van der Waals surface area contributed by atoms with E-state index in [4.69, 9.17) is 9.47 Å². The summed E-state index contributed by atoms with van der Waals surface area (Å²) in [6, 6.07) is 6.47. The lowest BCUT2D eigenvalue weighted by molar-refractivity contribution is -0.000616. The Balaban J connectivity index is 1.46. The van der Waals surface area contributed by atoms with E-state index in [1.54, 1.807) is 25.4 Å². The molecule has 0 radical (unpaired) electrons. The Labute approximate surface area is 248 Å². The van der Waals surface area contributed by atoms with Gasteiger partial charge in [-0.3, -0.25) is 9.48 Å². The predicted molar refractivity (Wildman–Crippen MR) is 163 cm³/mol. The molecule has 1 aliphatic heterocycles. The molecule has 0 aliphatic carbocycles. The number of nitrogens with one attached hydrogen (secondary N) is 1. The molecule has 2 aromatic carbocycles. The lowest BCUT2D eigenvalue weighted by atomic mass is 9.84. The minimum atomic E-state index is -0.589. The van der Waals surface area contributed by atoms with E-state index in [0.717, 1.165) is 10.4 Å². The van der Waals surface area contributed by atoms with Gasteiger partial charge in [-0.25, -0.2) is 14.2 Å². The summed E-state index contributed by atoms with van der Waals surface area (Å²) < 4.78 is 28.2. The van der Waals surface area contributed by atoms with Crippen molar-refractivity contribution in [1.82, 2.24) is 19.7 Å². The van der Waals surface area contributed by atoms with Crippen molar-refractivity contribution < 1.29 is 23.5 Å². The van der Waals surface area contributed by atoms with Gasteiger partial charge in [0.1, 0.15) is 16.6 Å². The lowest BCUT2D eigenvalue weighted by Gasteiger charge is -2.47. The second-order valence-electron chi connectivity index (χ2n) is 12.6. The van der Waals surface area contributed by atoms with Crippen LogP contribution in [0.5, 0.6) is 5.19 Å². The Bertz CT molecular complexity index is 1670. The van der Waals surface area contributed by atoms with E-state index >= 15 is 0 Å². The molecule has 0 spiro atoms. The molecule has 0 bridgehead atoms. The normalized spacial score (nSPS) is 16.3. The minimum absolute atomic E-state index is 0.119. The van der Waals surface area contributed by atoms with Crippen molar-refractivity contribution in [2.75, 3.05) is 37.0 Å². The topological polar surface area (TPSA) is 102 Å². The molecule has 1 aliphatic rings. The number of benzene rings is 2. The number of carbonyl (C=O) groups excluding carboxylic acids is 2. The number of anilines is 2.